The lowest BCUT2D eigenvalue weighted by Gasteiger charge is -2.22. The monoisotopic (exact) mass is 367 g/mol. The first-order chi connectivity index (χ1) is 13.2. The summed E-state index contributed by atoms with van der Waals surface area (Å²) in [6.07, 6.45) is 3.86. The molecule has 2 fully saturated rings. The number of rotatable bonds is 5. The summed E-state index contributed by atoms with van der Waals surface area (Å²) in [6, 6.07) is 11.4. The standard InChI is InChI=1S/C19H21N5O3/c25-17(22-10-7-16(13-22)27-18-20-8-4-9-21-18)14-23-11-12-24(19(23)26)15-5-2-1-3-6-15/h1-6,8-9,16H,7,10-14H2/t16-/m0/s1. The number of aromatic nitrogens is 2. The minimum absolute atomic E-state index is 0.0571. The summed E-state index contributed by atoms with van der Waals surface area (Å²) in [7, 11) is 0. The van der Waals surface area contributed by atoms with Crippen molar-refractivity contribution in [2.24, 2.45) is 0 Å². The van der Waals surface area contributed by atoms with Crippen molar-refractivity contribution in [2.45, 2.75) is 12.5 Å². The normalized spacial score (nSPS) is 19.6. The second kappa shape index (κ2) is 7.61. The Bertz CT molecular complexity index is 802. The van der Waals surface area contributed by atoms with Gasteiger partial charge in [-0.1, -0.05) is 18.2 Å². The zero-order chi connectivity index (χ0) is 18.6. The molecule has 0 radical (unpaired) electrons. The summed E-state index contributed by atoms with van der Waals surface area (Å²) in [4.78, 5) is 38.4. The van der Waals surface area contributed by atoms with E-state index in [4.69, 9.17) is 4.74 Å². The molecular weight excluding hydrogens is 346 g/mol. The Morgan fingerprint density at radius 2 is 1.85 bits per heavy atom. The molecule has 0 aliphatic carbocycles. The number of anilines is 1. The van der Waals surface area contributed by atoms with Gasteiger partial charge in [0.25, 0.3) is 0 Å². The number of benzene rings is 1. The molecule has 1 aromatic heterocycles. The molecule has 4 rings (SSSR count). The van der Waals surface area contributed by atoms with Crippen molar-refractivity contribution >= 4 is 17.6 Å². The summed E-state index contributed by atoms with van der Waals surface area (Å²) in [6.45, 7) is 2.33. The van der Waals surface area contributed by atoms with Crippen LogP contribution in [0.5, 0.6) is 6.01 Å². The van der Waals surface area contributed by atoms with Crippen molar-refractivity contribution in [2.75, 3.05) is 37.6 Å². The molecule has 3 amide bonds. The Morgan fingerprint density at radius 3 is 2.63 bits per heavy atom. The lowest BCUT2D eigenvalue weighted by Crippen LogP contribution is -2.42. The number of hydrogen-bond acceptors (Lipinski definition) is 5. The van der Waals surface area contributed by atoms with Crippen LogP contribution < -0.4 is 9.64 Å². The van der Waals surface area contributed by atoms with Gasteiger partial charge >= 0.3 is 12.0 Å². The van der Waals surface area contributed by atoms with Crippen molar-refractivity contribution in [3.05, 3.63) is 48.8 Å². The predicted molar refractivity (Wildman–Crippen MR) is 98.4 cm³/mol. The highest BCUT2D eigenvalue weighted by Crippen LogP contribution is 2.20. The maximum absolute atomic E-state index is 12.6. The molecule has 0 N–H and O–H groups in total. The second-order valence-corrected chi connectivity index (χ2v) is 6.59. The van der Waals surface area contributed by atoms with Gasteiger partial charge in [-0.2, -0.15) is 0 Å². The number of amides is 3. The lowest BCUT2D eigenvalue weighted by molar-refractivity contribution is -0.130. The number of ether oxygens (including phenoxy) is 1. The van der Waals surface area contributed by atoms with Gasteiger partial charge in [0, 0.05) is 44.1 Å². The third-order valence-corrected chi connectivity index (χ3v) is 4.80. The highest BCUT2D eigenvalue weighted by atomic mass is 16.5. The quantitative estimate of drug-likeness (QED) is 0.798. The van der Waals surface area contributed by atoms with E-state index in [0.717, 1.165) is 12.1 Å². The summed E-state index contributed by atoms with van der Waals surface area (Å²) in [5.74, 6) is -0.0571. The highest BCUT2D eigenvalue weighted by Gasteiger charge is 2.34. The van der Waals surface area contributed by atoms with Crippen LogP contribution in [0.2, 0.25) is 0 Å². The number of nitrogens with zero attached hydrogens (tertiary/aromatic N) is 5. The maximum Gasteiger partial charge on any atom is 0.325 e. The Kier molecular flexibility index (Phi) is 4.86. The summed E-state index contributed by atoms with van der Waals surface area (Å²) < 4.78 is 5.72. The smallest absolute Gasteiger partial charge is 0.325 e. The van der Waals surface area contributed by atoms with Gasteiger partial charge in [0.2, 0.25) is 5.91 Å². The average Bonchev–Trinajstić information content (AvgIpc) is 3.31. The molecule has 0 saturated carbocycles. The van der Waals surface area contributed by atoms with E-state index in [-0.39, 0.29) is 24.6 Å². The molecule has 140 valence electrons. The number of carbonyl (C=O) groups excluding carboxylic acids is 2. The molecule has 3 heterocycles. The van der Waals surface area contributed by atoms with Crippen molar-refractivity contribution in [3.63, 3.8) is 0 Å². The second-order valence-electron chi connectivity index (χ2n) is 6.59. The molecule has 0 spiro atoms. The van der Waals surface area contributed by atoms with Crippen LogP contribution in [-0.2, 0) is 4.79 Å². The van der Waals surface area contributed by atoms with Crippen LogP contribution in [0, 0.1) is 0 Å². The molecule has 2 aliphatic heterocycles. The van der Waals surface area contributed by atoms with Crippen LogP contribution >= 0.6 is 0 Å². The molecule has 0 bridgehead atoms. The Labute approximate surface area is 157 Å². The SMILES string of the molecule is O=C(CN1CCN(c2ccccc2)C1=O)N1CC[C@H](Oc2ncccn2)C1. The Hall–Kier alpha value is -3.16. The lowest BCUT2D eigenvalue weighted by atomic mass is 10.3. The average molecular weight is 367 g/mol. The Balaban J connectivity index is 1.30. The fourth-order valence-corrected chi connectivity index (χ4v) is 3.39. The first kappa shape index (κ1) is 17.3. The summed E-state index contributed by atoms with van der Waals surface area (Å²) in [5, 5.41) is 0. The third-order valence-electron chi connectivity index (χ3n) is 4.80. The van der Waals surface area contributed by atoms with Gasteiger partial charge in [0.05, 0.1) is 6.54 Å². The van der Waals surface area contributed by atoms with E-state index in [9.17, 15) is 9.59 Å². The molecule has 27 heavy (non-hydrogen) atoms. The van der Waals surface area contributed by atoms with Crippen LogP contribution in [0.25, 0.3) is 0 Å². The molecule has 2 aromatic rings. The van der Waals surface area contributed by atoms with E-state index in [0.29, 0.717) is 32.2 Å². The topological polar surface area (TPSA) is 78.9 Å². The van der Waals surface area contributed by atoms with Gasteiger partial charge in [-0.3, -0.25) is 9.69 Å². The van der Waals surface area contributed by atoms with Crippen LogP contribution in [0.15, 0.2) is 48.8 Å². The van der Waals surface area contributed by atoms with E-state index in [2.05, 4.69) is 9.97 Å². The molecule has 8 nitrogen and oxygen atoms in total. The van der Waals surface area contributed by atoms with Gasteiger partial charge in [-0.15, -0.1) is 0 Å². The fourth-order valence-electron chi connectivity index (χ4n) is 3.39. The minimum Gasteiger partial charge on any atom is -0.458 e. The summed E-state index contributed by atoms with van der Waals surface area (Å²) in [5.41, 5.74) is 0.856. The molecule has 2 saturated heterocycles. The number of carbonyl (C=O) groups is 2. The van der Waals surface area contributed by atoms with Gasteiger partial charge < -0.3 is 14.5 Å². The van der Waals surface area contributed by atoms with E-state index >= 15 is 0 Å². The third kappa shape index (κ3) is 3.84. The number of urea groups is 1. The van der Waals surface area contributed by atoms with Crippen molar-refractivity contribution in [3.8, 4) is 6.01 Å². The molecule has 1 atom stereocenters. The zero-order valence-electron chi connectivity index (χ0n) is 14.9. The largest absolute Gasteiger partial charge is 0.458 e. The summed E-state index contributed by atoms with van der Waals surface area (Å²) >= 11 is 0. The zero-order valence-corrected chi connectivity index (χ0v) is 14.9. The molecule has 1 aromatic carbocycles. The van der Waals surface area contributed by atoms with Crippen LogP contribution in [0.4, 0.5) is 10.5 Å². The van der Waals surface area contributed by atoms with E-state index in [1.165, 1.54) is 0 Å². The molecule has 2 aliphatic rings. The maximum atomic E-state index is 12.6. The van der Waals surface area contributed by atoms with Crippen LogP contribution in [0.3, 0.4) is 0 Å². The van der Waals surface area contributed by atoms with E-state index in [1.54, 1.807) is 33.2 Å². The molecule has 0 unspecified atom stereocenters. The number of likely N-dealkylation sites (tertiary alicyclic amines) is 1. The van der Waals surface area contributed by atoms with Crippen molar-refractivity contribution in [1.82, 2.24) is 19.8 Å². The van der Waals surface area contributed by atoms with Crippen LogP contribution in [-0.4, -0.2) is 70.5 Å². The van der Waals surface area contributed by atoms with E-state index in [1.807, 2.05) is 30.3 Å². The highest BCUT2D eigenvalue weighted by molar-refractivity contribution is 5.96. The van der Waals surface area contributed by atoms with Gasteiger partial charge in [-0.05, 0) is 18.2 Å². The number of para-hydroxylation sites is 1. The first-order valence-electron chi connectivity index (χ1n) is 9.03. The van der Waals surface area contributed by atoms with Gasteiger partial charge in [0.1, 0.15) is 12.6 Å². The van der Waals surface area contributed by atoms with Crippen LogP contribution in [0.1, 0.15) is 6.42 Å². The molecule has 8 heteroatoms. The first-order valence-corrected chi connectivity index (χ1v) is 9.03. The minimum atomic E-state index is -0.126. The predicted octanol–water partition coefficient (Wildman–Crippen LogP) is 1.40. The van der Waals surface area contributed by atoms with Gasteiger partial charge in [-0.25, -0.2) is 14.8 Å². The number of hydrogen-bond donors (Lipinski definition) is 0. The van der Waals surface area contributed by atoms with Crippen molar-refractivity contribution < 1.29 is 14.3 Å². The van der Waals surface area contributed by atoms with Gasteiger partial charge in [0.15, 0.2) is 0 Å². The van der Waals surface area contributed by atoms with Crippen molar-refractivity contribution in [1.29, 1.82) is 0 Å². The molecular formula is C19H21N5O3. The fraction of sp³-hybridized carbons (Fsp3) is 0.368. The Morgan fingerprint density at radius 1 is 1.07 bits per heavy atom. The van der Waals surface area contributed by atoms with E-state index < -0.39 is 0 Å².